The average Bonchev–Trinajstić information content (AvgIpc) is 3.54. The monoisotopic (exact) mass is 671 g/mol. The molecule has 0 radical (unpaired) electrons. The number of thioether (sulfide) groups is 3. The zero-order valence-corrected chi connectivity index (χ0v) is 29.4. The summed E-state index contributed by atoms with van der Waals surface area (Å²) in [5, 5.41) is 21.8. The number of carbonyl (C=O) groups excluding carboxylic acids is 3. The zero-order valence-electron chi connectivity index (χ0n) is 26.2. The maximum absolute atomic E-state index is 12.3. The van der Waals surface area contributed by atoms with Crippen molar-refractivity contribution < 1.29 is 14.4 Å². The Morgan fingerprint density at radius 1 is 0.977 bits per heavy atom. The summed E-state index contributed by atoms with van der Waals surface area (Å²) in [6.45, 7) is 4.85. The third kappa shape index (κ3) is 16.6. The number of carbonyl (C=O) groups is 3. The van der Waals surface area contributed by atoms with E-state index in [1.807, 2.05) is 18.7 Å². The highest BCUT2D eigenvalue weighted by atomic mass is 32.2. The minimum atomic E-state index is -0.731. The van der Waals surface area contributed by atoms with Crippen LogP contribution in [0.15, 0.2) is 0 Å². The summed E-state index contributed by atoms with van der Waals surface area (Å²) in [5.74, 6) is 1.79. The minimum absolute atomic E-state index is 0.0145. The van der Waals surface area contributed by atoms with Crippen LogP contribution in [0.3, 0.4) is 0 Å². The van der Waals surface area contributed by atoms with Crippen molar-refractivity contribution in [1.82, 2.24) is 21.3 Å². The van der Waals surface area contributed by atoms with Crippen LogP contribution in [-0.2, 0) is 9.59 Å². The molecule has 2 rings (SSSR count). The Morgan fingerprint density at radius 3 is 2.26 bits per heavy atom. The first-order chi connectivity index (χ1) is 20.8. The number of hydrogen-bond acceptors (Lipinski definition) is 8. The molecule has 1 unspecified atom stereocenters. The van der Waals surface area contributed by atoms with Gasteiger partial charge in [0.25, 0.3) is 0 Å². The van der Waals surface area contributed by atoms with Crippen molar-refractivity contribution in [1.29, 1.82) is 5.26 Å². The summed E-state index contributed by atoms with van der Waals surface area (Å²) in [5.41, 5.74) is 0. The predicted octanol–water partition coefficient (Wildman–Crippen LogP) is 6.68. The van der Waals surface area contributed by atoms with Crippen LogP contribution in [0.2, 0.25) is 0 Å². The van der Waals surface area contributed by atoms with E-state index in [-0.39, 0.29) is 36.3 Å². The van der Waals surface area contributed by atoms with Crippen LogP contribution in [0.5, 0.6) is 0 Å². The zero-order chi connectivity index (χ0) is 31.3. The van der Waals surface area contributed by atoms with E-state index in [1.165, 1.54) is 69.5 Å². The van der Waals surface area contributed by atoms with Gasteiger partial charge in [0, 0.05) is 36.9 Å². The lowest BCUT2D eigenvalue weighted by atomic mass is 10.0. The van der Waals surface area contributed by atoms with E-state index in [1.54, 1.807) is 11.8 Å². The summed E-state index contributed by atoms with van der Waals surface area (Å²) in [7, 11) is 0. The normalized spacial score (nSPS) is 20.4. The second-order valence-electron chi connectivity index (χ2n) is 11.8. The Hall–Kier alpha value is -1.16. The Morgan fingerprint density at radius 2 is 1.60 bits per heavy atom. The van der Waals surface area contributed by atoms with Gasteiger partial charge >= 0.3 is 6.03 Å². The molecule has 0 aromatic carbocycles. The number of hydrogen-bond donors (Lipinski definition) is 4. The Kier molecular flexibility index (Phi) is 19.8. The van der Waals surface area contributed by atoms with Crippen LogP contribution in [0.25, 0.3) is 0 Å². The fourth-order valence-electron chi connectivity index (χ4n) is 5.29. The van der Waals surface area contributed by atoms with E-state index in [2.05, 4.69) is 34.3 Å². The molecule has 0 spiro atoms. The van der Waals surface area contributed by atoms with Crippen LogP contribution in [0.4, 0.5) is 4.79 Å². The van der Waals surface area contributed by atoms with Crippen molar-refractivity contribution in [2.45, 2.75) is 139 Å². The van der Waals surface area contributed by atoms with Gasteiger partial charge in [-0.3, -0.25) is 9.59 Å². The molecular formula is C31H53N5O3S4. The van der Waals surface area contributed by atoms with E-state index < -0.39 is 4.75 Å². The second kappa shape index (κ2) is 22.4. The fraction of sp³-hybridized carbons (Fsp3) is 0.839. The van der Waals surface area contributed by atoms with Crippen LogP contribution in [0, 0.1) is 11.3 Å². The molecule has 12 heteroatoms. The highest BCUT2D eigenvalue weighted by molar-refractivity contribution is 8.47. The number of nitrogens with zero attached hydrogens (tertiary/aromatic N) is 1. The van der Waals surface area contributed by atoms with Crippen LogP contribution in [0.1, 0.15) is 117 Å². The molecule has 0 bridgehead atoms. The summed E-state index contributed by atoms with van der Waals surface area (Å²) >= 11 is 10.5. The second-order valence-corrected chi connectivity index (χ2v) is 16.9. The number of urea groups is 1. The maximum atomic E-state index is 12.3. The highest BCUT2D eigenvalue weighted by Gasteiger charge is 2.42. The van der Waals surface area contributed by atoms with Crippen molar-refractivity contribution in [3.05, 3.63) is 0 Å². The van der Waals surface area contributed by atoms with E-state index in [0.717, 1.165) is 40.7 Å². The Labute approximate surface area is 277 Å². The molecule has 0 aliphatic carbocycles. The lowest BCUT2D eigenvalue weighted by molar-refractivity contribution is -0.123. The van der Waals surface area contributed by atoms with Gasteiger partial charge in [-0.2, -0.15) is 17.0 Å². The van der Waals surface area contributed by atoms with Crippen LogP contribution < -0.4 is 21.3 Å². The van der Waals surface area contributed by atoms with Gasteiger partial charge in [0.2, 0.25) is 11.8 Å². The van der Waals surface area contributed by atoms with E-state index in [9.17, 15) is 19.6 Å². The molecule has 4 N–H and O–H groups in total. The third-order valence-corrected chi connectivity index (χ3v) is 12.3. The summed E-state index contributed by atoms with van der Waals surface area (Å²) in [6, 6.07) is 2.71. The molecule has 2 aliphatic rings. The topological polar surface area (TPSA) is 123 Å². The summed E-state index contributed by atoms with van der Waals surface area (Å²) < 4.78 is 0.0437. The lowest BCUT2D eigenvalue weighted by Crippen LogP contribution is -2.36. The number of nitriles is 1. The number of nitrogens with one attached hydrogen (secondary N) is 4. The molecule has 244 valence electrons. The third-order valence-electron chi connectivity index (χ3n) is 7.94. The van der Waals surface area contributed by atoms with Gasteiger partial charge in [-0.25, -0.2) is 4.79 Å². The van der Waals surface area contributed by atoms with Crippen molar-refractivity contribution >= 4 is 68.9 Å². The molecule has 2 saturated heterocycles. The van der Waals surface area contributed by atoms with Crippen molar-refractivity contribution in [2.75, 3.05) is 24.6 Å². The fourth-order valence-corrected chi connectivity index (χ4v) is 9.81. The largest absolute Gasteiger partial charge is 0.354 e. The van der Waals surface area contributed by atoms with Crippen LogP contribution in [-0.4, -0.2) is 68.0 Å². The van der Waals surface area contributed by atoms with E-state index in [0.29, 0.717) is 31.2 Å². The Balaban J connectivity index is 1.44. The molecule has 8 nitrogen and oxygen atoms in total. The molecule has 4 atom stereocenters. The van der Waals surface area contributed by atoms with Crippen molar-refractivity contribution in [3.8, 4) is 6.07 Å². The van der Waals surface area contributed by atoms with Gasteiger partial charge in [-0.1, -0.05) is 95.1 Å². The van der Waals surface area contributed by atoms with Gasteiger partial charge < -0.3 is 21.3 Å². The molecule has 0 aromatic heterocycles. The van der Waals surface area contributed by atoms with E-state index >= 15 is 0 Å². The molecule has 2 heterocycles. The number of fused-ring (bicyclic) bond motifs is 1. The number of rotatable bonds is 23. The molecular weight excluding hydrogens is 619 g/mol. The first kappa shape index (κ1) is 38.0. The van der Waals surface area contributed by atoms with Crippen LogP contribution >= 0.6 is 47.5 Å². The van der Waals surface area contributed by atoms with E-state index in [4.69, 9.17) is 12.2 Å². The maximum Gasteiger partial charge on any atom is 0.315 e. The van der Waals surface area contributed by atoms with Gasteiger partial charge in [0.1, 0.15) is 8.28 Å². The average molecular weight is 672 g/mol. The number of thiocarbonyl (C=S) groups is 1. The van der Waals surface area contributed by atoms with Gasteiger partial charge in [0.05, 0.1) is 18.2 Å². The van der Waals surface area contributed by atoms with Gasteiger partial charge in [0.15, 0.2) is 0 Å². The van der Waals surface area contributed by atoms with Gasteiger partial charge in [-0.05, 0) is 38.4 Å². The van der Waals surface area contributed by atoms with Crippen molar-refractivity contribution in [3.63, 3.8) is 0 Å². The molecule has 4 amide bonds. The lowest BCUT2D eigenvalue weighted by Gasteiger charge is -2.20. The standard InChI is InChI=1S/C31H53N5O3S4/c1-3-4-5-6-7-8-9-10-11-14-21-41-30(40)43-31(2,23-32)18-17-27(38)34-20-19-33-26(37)16-13-12-15-25-28-24(22-42-25)35-29(39)36-28/h24-25,28H,3-22H2,1-2H3,(H,33,37)(H,34,38)(H2,35,36,39)/t24-,25-,28-,31?/m1/s1. The van der Waals surface area contributed by atoms with Crippen molar-refractivity contribution in [2.24, 2.45) is 0 Å². The Bertz CT molecular complexity index is 918. The smallest absolute Gasteiger partial charge is 0.315 e. The first-order valence-corrected chi connectivity index (χ1v) is 19.5. The molecule has 0 saturated carbocycles. The summed E-state index contributed by atoms with van der Waals surface area (Å²) in [6.07, 6.45) is 16.9. The molecule has 0 aromatic rings. The highest BCUT2D eigenvalue weighted by Crippen LogP contribution is 2.35. The molecule has 2 fully saturated rings. The number of unbranched alkanes of at least 4 members (excludes halogenated alkanes) is 10. The predicted molar refractivity (Wildman–Crippen MR) is 188 cm³/mol. The summed E-state index contributed by atoms with van der Waals surface area (Å²) in [4.78, 5) is 36.0. The SMILES string of the molecule is CCCCCCCCCCCCSC(=S)SC(C)(C#N)CCC(=O)NCCNC(=O)CCCC[C@H]1SC[C@H]2NC(=O)N[C@H]21. The quantitative estimate of drug-likeness (QED) is 0.0539. The molecule has 2 aliphatic heterocycles. The minimum Gasteiger partial charge on any atom is -0.354 e. The number of amides is 4. The first-order valence-electron chi connectivity index (χ1n) is 16.3. The van der Waals surface area contributed by atoms with Gasteiger partial charge in [-0.15, -0.1) is 11.8 Å². The molecule has 43 heavy (non-hydrogen) atoms.